The zero-order chi connectivity index (χ0) is 15.9. The van der Waals surface area contributed by atoms with E-state index in [-0.39, 0.29) is 5.97 Å². The number of aryl methyl sites for hydroxylation is 1. The van der Waals surface area contributed by atoms with E-state index in [1.54, 1.807) is 24.4 Å². The number of carbonyl (C=O) groups is 1. The molecule has 1 N–H and O–H groups in total. The second-order valence-electron chi connectivity index (χ2n) is 4.74. The van der Waals surface area contributed by atoms with E-state index in [2.05, 4.69) is 10.5 Å². The maximum absolute atomic E-state index is 11.0. The summed E-state index contributed by atoms with van der Waals surface area (Å²) in [4.78, 5) is 11.0. The molecule has 0 aliphatic carbocycles. The predicted octanol–water partition coefficient (Wildman–Crippen LogP) is 3.37. The van der Waals surface area contributed by atoms with Crippen LogP contribution in [0.1, 0.15) is 18.1 Å². The first-order chi connectivity index (χ1) is 10.6. The van der Waals surface area contributed by atoms with Crippen molar-refractivity contribution in [2.24, 2.45) is 5.10 Å². The third-order valence-electron chi connectivity index (χ3n) is 2.87. The van der Waals surface area contributed by atoms with Gasteiger partial charge in [-0.05, 0) is 48.4 Å². The minimum Gasteiger partial charge on any atom is -0.493 e. The summed E-state index contributed by atoms with van der Waals surface area (Å²) in [5.41, 5.74) is 5.86. The van der Waals surface area contributed by atoms with Crippen LogP contribution in [0, 0.1) is 6.92 Å². The molecule has 0 bridgehead atoms. The minimum absolute atomic E-state index is 0.388. The van der Waals surface area contributed by atoms with Gasteiger partial charge in [-0.1, -0.05) is 12.1 Å². The van der Waals surface area contributed by atoms with E-state index in [4.69, 9.17) is 9.47 Å². The average Bonchev–Trinajstić information content (AvgIpc) is 2.48. The topological polar surface area (TPSA) is 59.9 Å². The highest BCUT2D eigenvalue weighted by molar-refractivity contribution is 5.82. The Hall–Kier alpha value is -2.82. The molecule has 2 rings (SSSR count). The maximum atomic E-state index is 11.0. The number of hydrogen-bond acceptors (Lipinski definition) is 5. The molecular weight excluding hydrogens is 280 g/mol. The summed E-state index contributed by atoms with van der Waals surface area (Å²) in [7, 11) is 1.52. The Bertz CT molecular complexity index is 696. The van der Waals surface area contributed by atoms with Gasteiger partial charge in [0.2, 0.25) is 0 Å². The molecule has 0 saturated heterocycles. The Morgan fingerprint density at radius 3 is 2.68 bits per heavy atom. The van der Waals surface area contributed by atoms with Crippen LogP contribution in [-0.4, -0.2) is 19.3 Å². The van der Waals surface area contributed by atoms with Crippen LogP contribution >= 0.6 is 0 Å². The second kappa shape index (κ2) is 7.26. The molecule has 0 aliphatic heterocycles. The van der Waals surface area contributed by atoms with Crippen LogP contribution in [0.15, 0.2) is 47.6 Å². The molecular formula is C17H18N2O3. The van der Waals surface area contributed by atoms with E-state index < -0.39 is 0 Å². The average molecular weight is 298 g/mol. The van der Waals surface area contributed by atoms with Crippen molar-refractivity contribution in [1.29, 1.82) is 0 Å². The third-order valence-corrected chi connectivity index (χ3v) is 2.87. The van der Waals surface area contributed by atoms with Crippen molar-refractivity contribution in [3.8, 4) is 11.5 Å². The molecule has 5 nitrogen and oxygen atoms in total. The van der Waals surface area contributed by atoms with E-state index in [0.29, 0.717) is 11.5 Å². The van der Waals surface area contributed by atoms with Crippen LogP contribution in [0.3, 0.4) is 0 Å². The number of methoxy groups -OCH3 is 1. The molecule has 0 fully saturated rings. The molecule has 0 unspecified atom stereocenters. The molecule has 0 amide bonds. The SMILES string of the molecule is COc1cc(/C=N\Nc2cccc(C)c2)ccc1OC(C)=O. The Morgan fingerprint density at radius 1 is 1.18 bits per heavy atom. The first-order valence-electron chi connectivity index (χ1n) is 6.80. The third kappa shape index (κ3) is 4.34. The van der Waals surface area contributed by atoms with Crippen LogP contribution in [-0.2, 0) is 4.79 Å². The quantitative estimate of drug-likeness (QED) is 0.398. The monoisotopic (exact) mass is 298 g/mol. The zero-order valence-electron chi connectivity index (χ0n) is 12.8. The zero-order valence-corrected chi connectivity index (χ0v) is 12.8. The number of carbonyl (C=O) groups excluding carboxylic acids is 1. The van der Waals surface area contributed by atoms with Gasteiger partial charge in [-0.3, -0.25) is 10.2 Å². The van der Waals surface area contributed by atoms with Crippen LogP contribution in [0.2, 0.25) is 0 Å². The first kappa shape index (κ1) is 15.6. The molecule has 0 atom stereocenters. The van der Waals surface area contributed by atoms with Gasteiger partial charge >= 0.3 is 5.97 Å². The molecule has 0 aliphatic rings. The van der Waals surface area contributed by atoms with Crippen molar-refractivity contribution < 1.29 is 14.3 Å². The number of benzene rings is 2. The van der Waals surface area contributed by atoms with Crippen molar-refractivity contribution in [2.45, 2.75) is 13.8 Å². The van der Waals surface area contributed by atoms with Crippen molar-refractivity contribution in [1.82, 2.24) is 0 Å². The van der Waals surface area contributed by atoms with Gasteiger partial charge in [-0.2, -0.15) is 5.10 Å². The first-order valence-corrected chi connectivity index (χ1v) is 6.80. The molecule has 0 heterocycles. The van der Waals surface area contributed by atoms with Crippen molar-refractivity contribution >= 4 is 17.9 Å². The maximum Gasteiger partial charge on any atom is 0.308 e. The summed E-state index contributed by atoms with van der Waals surface area (Å²) in [6, 6.07) is 13.1. The number of ether oxygens (including phenoxy) is 2. The summed E-state index contributed by atoms with van der Waals surface area (Å²) < 4.78 is 10.3. The lowest BCUT2D eigenvalue weighted by atomic mass is 10.2. The van der Waals surface area contributed by atoms with Gasteiger partial charge in [0.1, 0.15) is 0 Å². The minimum atomic E-state index is -0.388. The predicted molar refractivity (Wildman–Crippen MR) is 86.7 cm³/mol. The number of nitrogens with one attached hydrogen (secondary N) is 1. The molecule has 0 radical (unpaired) electrons. The molecule has 5 heteroatoms. The van der Waals surface area contributed by atoms with Crippen molar-refractivity contribution in [3.05, 3.63) is 53.6 Å². The van der Waals surface area contributed by atoms with Gasteiger partial charge in [0, 0.05) is 6.92 Å². The van der Waals surface area contributed by atoms with Crippen LogP contribution < -0.4 is 14.9 Å². The molecule has 2 aromatic rings. The highest BCUT2D eigenvalue weighted by Gasteiger charge is 2.07. The Kier molecular flexibility index (Phi) is 5.14. The summed E-state index contributed by atoms with van der Waals surface area (Å²) in [5, 5.41) is 4.18. The van der Waals surface area contributed by atoms with E-state index in [0.717, 1.165) is 16.8 Å². The number of rotatable bonds is 5. The number of nitrogens with zero attached hydrogens (tertiary/aromatic N) is 1. The van der Waals surface area contributed by atoms with Gasteiger partial charge in [0.15, 0.2) is 11.5 Å². The molecule has 114 valence electrons. The van der Waals surface area contributed by atoms with Crippen LogP contribution in [0.4, 0.5) is 5.69 Å². The Morgan fingerprint density at radius 2 is 2.00 bits per heavy atom. The lowest BCUT2D eigenvalue weighted by Crippen LogP contribution is -2.03. The number of esters is 1. The van der Waals surface area contributed by atoms with Crippen LogP contribution in [0.5, 0.6) is 11.5 Å². The summed E-state index contributed by atoms with van der Waals surface area (Å²) in [6.45, 7) is 3.37. The fraction of sp³-hybridized carbons (Fsp3) is 0.176. The van der Waals surface area contributed by atoms with E-state index in [1.165, 1.54) is 14.0 Å². The van der Waals surface area contributed by atoms with Gasteiger partial charge in [0.25, 0.3) is 0 Å². The Labute approximate surface area is 129 Å². The smallest absolute Gasteiger partial charge is 0.308 e. The highest BCUT2D eigenvalue weighted by Crippen LogP contribution is 2.27. The number of anilines is 1. The summed E-state index contributed by atoms with van der Waals surface area (Å²) in [6.07, 6.45) is 1.67. The summed E-state index contributed by atoms with van der Waals surface area (Å²) >= 11 is 0. The van der Waals surface area contributed by atoms with E-state index in [9.17, 15) is 4.79 Å². The van der Waals surface area contributed by atoms with E-state index in [1.807, 2.05) is 31.2 Å². The molecule has 0 spiro atoms. The highest BCUT2D eigenvalue weighted by atomic mass is 16.6. The molecule has 22 heavy (non-hydrogen) atoms. The summed E-state index contributed by atoms with van der Waals surface area (Å²) in [5.74, 6) is 0.481. The molecule has 0 aromatic heterocycles. The lowest BCUT2D eigenvalue weighted by Gasteiger charge is -2.08. The number of hydrogen-bond donors (Lipinski definition) is 1. The van der Waals surface area contributed by atoms with Gasteiger partial charge < -0.3 is 9.47 Å². The Balaban J connectivity index is 2.09. The molecule has 2 aromatic carbocycles. The van der Waals surface area contributed by atoms with Gasteiger partial charge in [0.05, 0.1) is 19.0 Å². The normalized spacial score (nSPS) is 10.5. The fourth-order valence-corrected chi connectivity index (χ4v) is 1.90. The van der Waals surface area contributed by atoms with Crippen molar-refractivity contribution in [3.63, 3.8) is 0 Å². The van der Waals surface area contributed by atoms with Gasteiger partial charge in [-0.15, -0.1) is 0 Å². The lowest BCUT2D eigenvalue weighted by molar-refractivity contribution is -0.132. The second-order valence-corrected chi connectivity index (χ2v) is 4.74. The largest absolute Gasteiger partial charge is 0.493 e. The number of hydrazone groups is 1. The van der Waals surface area contributed by atoms with Crippen LogP contribution in [0.25, 0.3) is 0 Å². The standard InChI is InChI=1S/C17H18N2O3/c1-12-5-4-6-15(9-12)19-18-11-14-7-8-16(22-13(2)20)17(10-14)21-3/h4-11,19H,1-3H3/b18-11-. The van der Waals surface area contributed by atoms with E-state index >= 15 is 0 Å². The molecule has 0 saturated carbocycles. The fourth-order valence-electron chi connectivity index (χ4n) is 1.90. The van der Waals surface area contributed by atoms with Gasteiger partial charge in [-0.25, -0.2) is 0 Å². The van der Waals surface area contributed by atoms with Crippen molar-refractivity contribution in [2.75, 3.05) is 12.5 Å².